The van der Waals surface area contributed by atoms with Gasteiger partial charge in [0, 0.05) is 13.1 Å². The Morgan fingerprint density at radius 2 is 1.87 bits per heavy atom. The minimum Gasteiger partial charge on any atom is -0.756 e. The average Bonchev–Trinajstić information content (AvgIpc) is 2.14. The fraction of sp³-hybridized carbons (Fsp3) is 0.778. The van der Waals surface area contributed by atoms with Crippen LogP contribution in [-0.2, 0) is 9.09 Å². The van der Waals surface area contributed by atoms with Gasteiger partial charge in [-0.3, -0.25) is 4.57 Å². The molecule has 6 heteroatoms. The zero-order valence-corrected chi connectivity index (χ0v) is 14.1. The van der Waals surface area contributed by atoms with Crippen LogP contribution in [0.1, 0.15) is 33.6 Å². The standard InChI is InChI=1S/C9H20NO3P.K/c1-4-7-8-9-13-14(11,12)10(5-2)6-3;/h8-9H,4-7H2,1-3H3,(H,11,12);/q;+1/p-1. The Balaban J connectivity index is 0. The maximum atomic E-state index is 11.4. The molecule has 0 spiro atoms. The van der Waals surface area contributed by atoms with Gasteiger partial charge in [-0.25, -0.2) is 4.67 Å². The molecule has 0 aliphatic rings. The summed E-state index contributed by atoms with van der Waals surface area (Å²) in [5.74, 6) is 0. The zero-order valence-electron chi connectivity index (χ0n) is 10.1. The van der Waals surface area contributed by atoms with Crippen molar-refractivity contribution in [1.82, 2.24) is 4.67 Å². The summed E-state index contributed by atoms with van der Waals surface area (Å²) in [5, 5.41) is 0. The van der Waals surface area contributed by atoms with Crippen molar-refractivity contribution >= 4 is 7.75 Å². The molecule has 0 saturated carbocycles. The van der Waals surface area contributed by atoms with Crippen molar-refractivity contribution in [2.75, 3.05) is 13.1 Å². The SMILES string of the molecule is CCCC=COP(=O)([O-])N(CC)CC.[K+]. The Morgan fingerprint density at radius 1 is 1.33 bits per heavy atom. The molecule has 1 atom stereocenters. The fourth-order valence-electron chi connectivity index (χ4n) is 0.991. The van der Waals surface area contributed by atoms with Gasteiger partial charge in [0.2, 0.25) is 0 Å². The predicted octanol–water partition coefficient (Wildman–Crippen LogP) is -0.869. The number of allylic oxidation sites excluding steroid dienone is 1. The molecule has 0 bridgehead atoms. The molecule has 0 N–H and O–H groups in total. The van der Waals surface area contributed by atoms with E-state index in [-0.39, 0.29) is 51.4 Å². The molecule has 0 aliphatic carbocycles. The number of unbranched alkanes of at least 4 members (excludes halogenated alkanes) is 1. The summed E-state index contributed by atoms with van der Waals surface area (Å²) in [6.07, 6.45) is 4.79. The van der Waals surface area contributed by atoms with Gasteiger partial charge in [-0.15, -0.1) is 0 Å². The third-order valence-corrected chi connectivity index (χ3v) is 3.47. The Hall–Kier alpha value is 1.33. The van der Waals surface area contributed by atoms with Crippen LogP contribution in [0.15, 0.2) is 12.3 Å². The monoisotopic (exact) mass is 259 g/mol. The van der Waals surface area contributed by atoms with E-state index in [0.29, 0.717) is 13.1 Å². The number of rotatable bonds is 7. The van der Waals surface area contributed by atoms with Gasteiger partial charge in [-0.1, -0.05) is 27.2 Å². The second-order valence-corrected chi connectivity index (χ2v) is 4.59. The van der Waals surface area contributed by atoms with Gasteiger partial charge < -0.3 is 9.42 Å². The van der Waals surface area contributed by atoms with E-state index in [2.05, 4.69) is 0 Å². The molecule has 0 amide bonds. The van der Waals surface area contributed by atoms with Gasteiger partial charge >= 0.3 is 51.4 Å². The summed E-state index contributed by atoms with van der Waals surface area (Å²) in [4.78, 5) is 11.4. The van der Waals surface area contributed by atoms with Crippen LogP contribution in [0.3, 0.4) is 0 Å². The summed E-state index contributed by atoms with van der Waals surface area (Å²) in [6.45, 7) is 6.48. The quantitative estimate of drug-likeness (QED) is 0.339. The minimum atomic E-state index is -3.85. The molecule has 0 radical (unpaired) electrons. The molecule has 0 fully saturated rings. The largest absolute Gasteiger partial charge is 1.00 e. The molecular weight excluding hydrogens is 240 g/mol. The molecular formula is C9H19KNO3P. The number of hydrogen-bond acceptors (Lipinski definition) is 3. The zero-order chi connectivity index (χ0) is 11.0. The fourth-order valence-corrected chi connectivity index (χ4v) is 2.06. The maximum absolute atomic E-state index is 11.4. The summed E-state index contributed by atoms with van der Waals surface area (Å²) in [7, 11) is -3.85. The second-order valence-electron chi connectivity index (χ2n) is 2.87. The molecule has 0 aromatic heterocycles. The van der Waals surface area contributed by atoms with Crippen LogP contribution in [0.2, 0.25) is 0 Å². The molecule has 0 aromatic rings. The van der Waals surface area contributed by atoms with Gasteiger partial charge in [-0.05, 0) is 12.5 Å². The van der Waals surface area contributed by atoms with Crippen molar-refractivity contribution < 1.29 is 65.4 Å². The Bertz CT molecular complexity index is 219. The van der Waals surface area contributed by atoms with Crippen LogP contribution < -0.4 is 56.3 Å². The molecule has 4 nitrogen and oxygen atoms in total. The van der Waals surface area contributed by atoms with Crippen LogP contribution in [0.25, 0.3) is 0 Å². The molecule has 1 unspecified atom stereocenters. The third kappa shape index (κ3) is 8.10. The van der Waals surface area contributed by atoms with Gasteiger partial charge in [0.05, 0.1) is 6.26 Å². The van der Waals surface area contributed by atoms with Crippen LogP contribution in [-0.4, -0.2) is 17.8 Å². The van der Waals surface area contributed by atoms with Crippen LogP contribution in [0.5, 0.6) is 0 Å². The first-order chi connectivity index (χ1) is 6.58. The van der Waals surface area contributed by atoms with E-state index < -0.39 is 7.75 Å². The molecule has 0 aromatic carbocycles. The van der Waals surface area contributed by atoms with Crippen LogP contribution in [0, 0.1) is 0 Å². The maximum Gasteiger partial charge on any atom is 1.00 e. The topological polar surface area (TPSA) is 52.6 Å². The molecule has 0 heterocycles. The van der Waals surface area contributed by atoms with Gasteiger partial charge in [0.15, 0.2) is 0 Å². The predicted molar refractivity (Wildman–Crippen MR) is 55.7 cm³/mol. The summed E-state index contributed by atoms with van der Waals surface area (Å²) in [6, 6.07) is 0. The molecule has 0 rings (SSSR count). The second kappa shape index (κ2) is 10.5. The van der Waals surface area contributed by atoms with Crippen molar-refractivity contribution in [2.45, 2.75) is 33.6 Å². The molecule has 0 saturated heterocycles. The summed E-state index contributed by atoms with van der Waals surface area (Å²) in [5.41, 5.74) is 0. The first-order valence-electron chi connectivity index (χ1n) is 4.98. The van der Waals surface area contributed by atoms with Crippen molar-refractivity contribution in [3.8, 4) is 0 Å². The number of nitrogens with zero attached hydrogens (tertiary/aromatic N) is 1. The van der Waals surface area contributed by atoms with E-state index >= 15 is 0 Å². The van der Waals surface area contributed by atoms with E-state index in [1.165, 1.54) is 10.9 Å². The minimum absolute atomic E-state index is 0. The van der Waals surface area contributed by atoms with Crippen LogP contribution >= 0.6 is 7.75 Å². The van der Waals surface area contributed by atoms with E-state index in [4.69, 9.17) is 4.52 Å². The smallest absolute Gasteiger partial charge is 0.756 e. The normalized spacial score (nSPS) is 15.0. The molecule has 84 valence electrons. The van der Waals surface area contributed by atoms with Gasteiger partial charge in [-0.2, -0.15) is 0 Å². The van der Waals surface area contributed by atoms with Crippen molar-refractivity contribution in [3.63, 3.8) is 0 Å². The Labute approximate surface area is 135 Å². The van der Waals surface area contributed by atoms with Crippen molar-refractivity contribution in [2.24, 2.45) is 0 Å². The van der Waals surface area contributed by atoms with Crippen molar-refractivity contribution in [3.05, 3.63) is 12.3 Å². The summed E-state index contributed by atoms with van der Waals surface area (Å²) >= 11 is 0. The first-order valence-corrected chi connectivity index (χ1v) is 6.47. The van der Waals surface area contributed by atoms with E-state index in [1.807, 2.05) is 6.92 Å². The van der Waals surface area contributed by atoms with Crippen LogP contribution in [0.4, 0.5) is 0 Å². The van der Waals surface area contributed by atoms with E-state index in [9.17, 15) is 9.46 Å². The molecule has 0 aliphatic heterocycles. The summed E-state index contributed by atoms with van der Waals surface area (Å²) < 4.78 is 17.5. The third-order valence-electron chi connectivity index (χ3n) is 1.82. The Kier molecular flexibility index (Phi) is 13.1. The average molecular weight is 259 g/mol. The van der Waals surface area contributed by atoms with E-state index in [0.717, 1.165) is 12.8 Å². The van der Waals surface area contributed by atoms with E-state index in [1.54, 1.807) is 19.9 Å². The molecule has 15 heavy (non-hydrogen) atoms. The van der Waals surface area contributed by atoms with Gasteiger partial charge in [0.1, 0.15) is 0 Å². The van der Waals surface area contributed by atoms with Gasteiger partial charge in [0.25, 0.3) is 7.75 Å². The number of hydrogen-bond donors (Lipinski definition) is 0. The first kappa shape index (κ1) is 18.7. The Morgan fingerprint density at radius 3 is 2.27 bits per heavy atom. The van der Waals surface area contributed by atoms with Crippen molar-refractivity contribution in [1.29, 1.82) is 0 Å².